The average Bonchev–Trinajstić information content (AvgIpc) is 2.62. The number of likely N-dealkylation sites (N-methyl/N-ethyl adjacent to an activating group) is 1. The van der Waals surface area contributed by atoms with Gasteiger partial charge in [0.05, 0.1) is 0 Å². The fraction of sp³-hybridized carbons (Fsp3) is 1.00. The summed E-state index contributed by atoms with van der Waals surface area (Å²) in [4.78, 5) is 5.31. The molecule has 0 spiro atoms. The number of likely N-dealkylation sites (tertiary alicyclic amines) is 1. The summed E-state index contributed by atoms with van der Waals surface area (Å²) >= 11 is 0. The van der Waals surface area contributed by atoms with Crippen molar-refractivity contribution in [1.29, 1.82) is 0 Å². The van der Waals surface area contributed by atoms with Crippen LogP contribution in [-0.2, 0) is 0 Å². The standard InChI is InChI=1S/C17H32N2O/c1-18-15-6-7-16(18)12-19(11-8-15)13-17(14-20)9-4-2-3-5-10-17/h15-16,20H,2-14H2,1H3. The van der Waals surface area contributed by atoms with E-state index in [1.807, 2.05) is 0 Å². The molecule has 116 valence electrons. The highest BCUT2D eigenvalue weighted by molar-refractivity contribution is 4.93. The highest BCUT2D eigenvalue weighted by Gasteiger charge is 2.38. The molecule has 0 aromatic heterocycles. The summed E-state index contributed by atoms with van der Waals surface area (Å²) in [6.45, 7) is 4.01. The van der Waals surface area contributed by atoms with Crippen LogP contribution in [0, 0.1) is 5.41 Å². The van der Waals surface area contributed by atoms with E-state index in [4.69, 9.17) is 0 Å². The molecule has 2 aliphatic heterocycles. The molecular formula is C17H32N2O. The summed E-state index contributed by atoms with van der Waals surface area (Å²) in [5.74, 6) is 0. The van der Waals surface area contributed by atoms with Crippen molar-refractivity contribution in [2.24, 2.45) is 5.41 Å². The second-order valence-corrected chi connectivity index (χ2v) is 7.65. The monoisotopic (exact) mass is 280 g/mol. The van der Waals surface area contributed by atoms with Crippen molar-refractivity contribution >= 4 is 0 Å². The van der Waals surface area contributed by atoms with Crippen LogP contribution in [0.15, 0.2) is 0 Å². The molecule has 1 aliphatic carbocycles. The summed E-state index contributed by atoms with van der Waals surface area (Å²) in [7, 11) is 2.32. The topological polar surface area (TPSA) is 26.7 Å². The van der Waals surface area contributed by atoms with E-state index in [9.17, 15) is 5.11 Å². The average molecular weight is 280 g/mol. The molecule has 0 aromatic carbocycles. The van der Waals surface area contributed by atoms with E-state index in [0.717, 1.165) is 18.6 Å². The first-order valence-corrected chi connectivity index (χ1v) is 8.78. The Hall–Kier alpha value is -0.120. The molecule has 2 bridgehead atoms. The lowest BCUT2D eigenvalue weighted by molar-refractivity contribution is 0.0558. The van der Waals surface area contributed by atoms with Gasteiger partial charge in [-0.3, -0.25) is 4.90 Å². The van der Waals surface area contributed by atoms with Crippen molar-refractivity contribution in [2.75, 3.05) is 33.3 Å². The molecule has 3 rings (SSSR count). The van der Waals surface area contributed by atoms with Crippen LogP contribution in [0.5, 0.6) is 0 Å². The maximum Gasteiger partial charge on any atom is 0.0499 e. The lowest BCUT2D eigenvalue weighted by Crippen LogP contribution is -2.44. The van der Waals surface area contributed by atoms with E-state index in [2.05, 4.69) is 16.8 Å². The van der Waals surface area contributed by atoms with Crippen LogP contribution < -0.4 is 0 Å². The van der Waals surface area contributed by atoms with Crippen molar-refractivity contribution in [2.45, 2.75) is 69.9 Å². The minimum atomic E-state index is 0.207. The number of aliphatic hydroxyl groups is 1. The second kappa shape index (κ2) is 6.33. The summed E-state index contributed by atoms with van der Waals surface area (Å²) in [6, 6.07) is 1.59. The molecule has 3 heteroatoms. The van der Waals surface area contributed by atoms with Crippen LogP contribution in [0.25, 0.3) is 0 Å². The maximum atomic E-state index is 10.0. The molecule has 2 heterocycles. The zero-order chi connectivity index (χ0) is 14.0. The van der Waals surface area contributed by atoms with Gasteiger partial charge in [-0.05, 0) is 45.7 Å². The van der Waals surface area contributed by atoms with Gasteiger partial charge in [0, 0.05) is 37.2 Å². The van der Waals surface area contributed by atoms with Gasteiger partial charge in [-0.2, -0.15) is 0 Å². The number of hydrogen-bond donors (Lipinski definition) is 1. The van der Waals surface area contributed by atoms with E-state index in [1.54, 1.807) is 0 Å². The minimum Gasteiger partial charge on any atom is -0.396 e. The van der Waals surface area contributed by atoms with Gasteiger partial charge in [0.1, 0.15) is 0 Å². The minimum absolute atomic E-state index is 0.207. The van der Waals surface area contributed by atoms with Crippen LogP contribution >= 0.6 is 0 Å². The Labute approximate surface area is 124 Å². The van der Waals surface area contributed by atoms with Gasteiger partial charge in [0.2, 0.25) is 0 Å². The summed E-state index contributed by atoms with van der Waals surface area (Å²) in [5.41, 5.74) is 0.207. The molecule has 3 aliphatic rings. The van der Waals surface area contributed by atoms with Crippen molar-refractivity contribution in [1.82, 2.24) is 9.80 Å². The molecule has 0 radical (unpaired) electrons. The van der Waals surface area contributed by atoms with Crippen LogP contribution in [0.4, 0.5) is 0 Å². The lowest BCUT2D eigenvalue weighted by atomic mass is 9.80. The Kier molecular flexibility index (Phi) is 4.68. The third kappa shape index (κ3) is 3.05. The number of nitrogens with zero attached hydrogens (tertiary/aromatic N) is 2. The number of hydrogen-bond acceptors (Lipinski definition) is 3. The van der Waals surface area contributed by atoms with E-state index >= 15 is 0 Å². The van der Waals surface area contributed by atoms with Crippen molar-refractivity contribution in [3.63, 3.8) is 0 Å². The molecule has 20 heavy (non-hydrogen) atoms. The van der Waals surface area contributed by atoms with E-state index in [0.29, 0.717) is 6.61 Å². The number of fused-ring (bicyclic) bond motifs is 2. The third-order valence-corrected chi connectivity index (χ3v) is 6.29. The molecule has 0 amide bonds. The number of aliphatic hydroxyl groups excluding tert-OH is 1. The molecule has 3 nitrogen and oxygen atoms in total. The largest absolute Gasteiger partial charge is 0.396 e. The Morgan fingerprint density at radius 3 is 2.40 bits per heavy atom. The van der Waals surface area contributed by atoms with Gasteiger partial charge in [0.25, 0.3) is 0 Å². The van der Waals surface area contributed by atoms with Gasteiger partial charge < -0.3 is 10.0 Å². The highest BCUT2D eigenvalue weighted by atomic mass is 16.3. The second-order valence-electron chi connectivity index (χ2n) is 7.65. The van der Waals surface area contributed by atoms with Crippen LogP contribution in [0.2, 0.25) is 0 Å². The smallest absolute Gasteiger partial charge is 0.0499 e. The fourth-order valence-corrected chi connectivity index (χ4v) is 4.84. The Bertz CT molecular complexity index is 312. The van der Waals surface area contributed by atoms with E-state index in [-0.39, 0.29) is 5.41 Å². The summed E-state index contributed by atoms with van der Waals surface area (Å²) in [6.07, 6.45) is 12.0. The van der Waals surface area contributed by atoms with Crippen molar-refractivity contribution < 1.29 is 5.11 Å². The lowest BCUT2D eigenvalue weighted by Gasteiger charge is -2.37. The predicted molar refractivity (Wildman–Crippen MR) is 82.9 cm³/mol. The van der Waals surface area contributed by atoms with Crippen molar-refractivity contribution in [3.8, 4) is 0 Å². The first-order chi connectivity index (χ1) is 9.72. The molecule has 2 saturated heterocycles. The molecular weight excluding hydrogens is 248 g/mol. The van der Waals surface area contributed by atoms with Gasteiger partial charge in [0.15, 0.2) is 0 Å². The van der Waals surface area contributed by atoms with Gasteiger partial charge in [-0.1, -0.05) is 25.7 Å². The summed E-state index contributed by atoms with van der Waals surface area (Å²) < 4.78 is 0. The van der Waals surface area contributed by atoms with Gasteiger partial charge in [-0.25, -0.2) is 0 Å². The quantitative estimate of drug-likeness (QED) is 0.805. The van der Waals surface area contributed by atoms with E-state index in [1.165, 1.54) is 70.9 Å². The van der Waals surface area contributed by atoms with E-state index < -0.39 is 0 Å². The molecule has 2 unspecified atom stereocenters. The third-order valence-electron chi connectivity index (χ3n) is 6.29. The predicted octanol–water partition coefficient (Wildman–Crippen LogP) is 2.49. The zero-order valence-electron chi connectivity index (χ0n) is 13.2. The SMILES string of the molecule is CN1C2CCC1CN(CC1(CO)CCCCCC1)CC2. The molecule has 0 aromatic rings. The van der Waals surface area contributed by atoms with Crippen LogP contribution in [-0.4, -0.2) is 60.3 Å². The molecule has 3 fully saturated rings. The Morgan fingerprint density at radius 1 is 1.00 bits per heavy atom. The number of rotatable bonds is 3. The summed E-state index contributed by atoms with van der Waals surface area (Å²) in [5, 5.41) is 10.0. The normalized spacial score (nSPS) is 35.7. The van der Waals surface area contributed by atoms with Crippen LogP contribution in [0.1, 0.15) is 57.8 Å². The Balaban J connectivity index is 1.63. The Morgan fingerprint density at radius 2 is 1.70 bits per heavy atom. The maximum absolute atomic E-state index is 10.0. The first-order valence-electron chi connectivity index (χ1n) is 8.78. The molecule has 1 N–H and O–H groups in total. The van der Waals surface area contributed by atoms with Gasteiger partial charge in [-0.15, -0.1) is 0 Å². The van der Waals surface area contributed by atoms with Gasteiger partial charge >= 0.3 is 0 Å². The fourth-order valence-electron chi connectivity index (χ4n) is 4.84. The van der Waals surface area contributed by atoms with Crippen molar-refractivity contribution in [3.05, 3.63) is 0 Å². The molecule has 2 atom stereocenters. The first kappa shape index (κ1) is 14.8. The van der Waals surface area contributed by atoms with Crippen LogP contribution in [0.3, 0.4) is 0 Å². The zero-order valence-corrected chi connectivity index (χ0v) is 13.2. The highest BCUT2D eigenvalue weighted by Crippen LogP contribution is 2.37. The molecule has 1 saturated carbocycles.